The van der Waals surface area contributed by atoms with Crippen LogP contribution in [0, 0.1) is 0 Å². The van der Waals surface area contributed by atoms with Crippen LogP contribution in [0.15, 0.2) is 64.0 Å². The van der Waals surface area contributed by atoms with Crippen LogP contribution in [0.4, 0.5) is 0 Å². The zero-order chi connectivity index (χ0) is 15.9. The number of halogens is 1. The minimum atomic E-state index is -1.06. The summed E-state index contributed by atoms with van der Waals surface area (Å²) in [5.74, 6) is -1.06. The summed E-state index contributed by atoms with van der Waals surface area (Å²) in [4.78, 5) is 24.3. The van der Waals surface area contributed by atoms with Crippen LogP contribution in [0.5, 0.6) is 0 Å². The van der Waals surface area contributed by atoms with Crippen molar-refractivity contribution >= 4 is 39.6 Å². The van der Waals surface area contributed by atoms with Crippen molar-refractivity contribution in [3.05, 3.63) is 64.6 Å². The van der Waals surface area contributed by atoms with Gasteiger partial charge in [0.15, 0.2) is 0 Å². The number of primary amides is 1. The van der Waals surface area contributed by atoms with Crippen LogP contribution in [0.25, 0.3) is 0 Å². The molecule has 2 N–H and O–H groups in total. The number of thioether (sulfide) groups is 1. The number of amides is 1. The Labute approximate surface area is 141 Å². The summed E-state index contributed by atoms with van der Waals surface area (Å²) in [6, 6.07) is 16.3. The molecule has 0 aromatic heterocycles. The van der Waals surface area contributed by atoms with Crippen molar-refractivity contribution in [1.29, 1.82) is 0 Å². The highest BCUT2D eigenvalue weighted by molar-refractivity contribution is 9.10. The van der Waals surface area contributed by atoms with E-state index in [0.29, 0.717) is 5.56 Å². The first-order valence-electron chi connectivity index (χ1n) is 6.48. The number of nitrogens with two attached hydrogens (primary N) is 1. The van der Waals surface area contributed by atoms with Gasteiger partial charge in [-0.2, -0.15) is 0 Å². The normalized spacial score (nSPS) is 11.7. The maximum atomic E-state index is 11.9. The van der Waals surface area contributed by atoms with E-state index in [0.717, 1.165) is 9.37 Å². The van der Waals surface area contributed by atoms with Crippen LogP contribution >= 0.6 is 27.7 Å². The van der Waals surface area contributed by atoms with Crippen molar-refractivity contribution in [2.75, 3.05) is 5.75 Å². The fourth-order valence-corrected chi connectivity index (χ4v) is 2.70. The molecule has 2 aromatic rings. The van der Waals surface area contributed by atoms with Crippen LogP contribution < -0.4 is 5.73 Å². The smallest absolute Gasteiger partial charge is 0.317 e. The van der Waals surface area contributed by atoms with E-state index in [1.165, 1.54) is 11.8 Å². The predicted molar refractivity (Wildman–Crippen MR) is 89.3 cm³/mol. The van der Waals surface area contributed by atoms with Gasteiger partial charge < -0.3 is 10.5 Å². The van der Waals surface area contributed by atoms with Crippen molar-refractivity contribution in [3.63, 3.8) is 0 Å². The Kier molecular flexibility index (Phi) is 6.03. The number of benzene rings is 2. The molecular weight excluding hydrogens is 366 g/mol. The molecule has 0 radical (unpaired) electrons. The van der Waals surface area contributed by atoms with Gasteiger partial charge in [0.1, 0.15) is 0 Å². The fraction of sp³-hybridized carbons (Fsp3) is 0.125. The average Bonchev–Trinajstić information content (AvgIpc) is 2.52. The molecule has 0 aliphatic heterocycles. The van der Waals surface area contributed by atoms with Gasteiger partial charge in [-0.1, -0.05) is 46.3 Å². The van der Waals surface area contributed by atoms with Crippen LogP contribution in [-0.4, -0.2) is 17.6 Å². The zero-order valence-corrected chi connectivity index (χ0v) is 14.0. The monoisotopic (exact) mass is 379 g/mol. The molecule has 4 nitrogen and oxygen atoms in total. The van der Waals surface area contributed by atoms with E-state index in [9.17, 15) is 9.59 Å². The van der Waals surface area contributed by atoms with Gasteiger partial charge in [0, 0.05) is 14.9 Å². The highest BCUT2D eigenvalue weighted by Crippen LogP contribution is 2.22. The largest absolute Gasteiger partial charge is 0.447 e. The molecule has 0 saturated heterocycles. The molecule has 0 aliphatic rings. The summed E-state index contributed by atoms with van der Waals surface area (Å²) in [5.41, 5.74) is 5.88. The Balaban J connectivity index is 1.94. The molecule has 0 saturated carbocycles. The summed E-state index contributed by atoms with van der Waals surface area (Å²) >= 11 is 4.69. The lowest BCUT2D eigenvalue weighted by Crippen LogP contribution is -2.26. The number of hydrogen-bond donors (Lipinski definition) is 1. The standard InChI is InChI=1S/C16H14BrNO3S/c17-12-6-8-13(9-7-12)22-10-14(19)21-15(16(18)20)11-4-2-1-3-5-11/h1-9,15H,10H2,(H2,18,20)/t15-/m0/s1. The van der Waals surface area contributed by atoms with E-state index < -0.39 is 18.0 Å². The minimum absolute atomic E-state index is 0.109. The first-order chi connectivity index (χ1) is 10.6. The second-order valence-corrected chi connectivity index (χ2v) is 6.39. The number of rotatable bonds is 6. The number of ether oxygens (including phenoxy) is 1. The van der Waals surface area contributed by atoms with Crippen LogP contribution in [0.1, 0.15) is 11.7 Å². The predicted octanol–water partition coefficient (Wildman–Crippen LogP) is 3.31. The Bertz CT molecular complexity index is 646. The van der Waals surface area contributed by atoms with E-state index in [2.05, 4.69) is 15.9 Å². The summed E-state index contributed by atoms with van der Waals surface area (Å²) in [6.45, 7) is 0. The van der Waals surface area contributed by atoms with E-state index in [1.807, 2.05) is 30.3 Å². The lowest BCUT2D eigenvalue weighted by Gasteiger charge is -2.14. The molecule has 0 aliphatic carbocycles. The van der Waals surface area contributed by atoms with Gasteiger partial charge >= 0.3 is 5.97 Å². The van der Waals surface area contributed by atoms with E-state index in [4.69, 9.17) is 10.5 Å². The SMILES string of the molecule is NC(=O)[C@@H](OC(=O)CSc1ccc(Br)cc1)c1ccccc1. The lowest BCUT2D eigenvalue weighted by molar-refractivity contribution is -0.152. The Morgan fingerprint density at radius 3 is 2.32 bits per heavy atom. The Morgan fingerprint density at radius 1 is 1.09 bits per heavy atom. The van der Waals surface area contributed by atoms with Gasteiger partial charge in [-0.05, 0) is 24.3 Å². The van der Waals surface area contributed by atoms with Gasteiger partial charge in [-0.3, -0.25) is 9.59 Å². The average molecular weight is 380 g/mol. The van der Waals surface area contributed by atoms with Crippen LogP contribution in [-0.2, 0) is 14.3 Å². The Hall–Kier alpha value is -1.79. The number of carbonyl (C=O) groups excluding carboxylic acids is 2. The molecule has 22 heavy (non-hydrogen) atoms. The molecule has 1 atom stereocenters. The van der Waals surface area contributed by atoms with E-state index >= 15 is 0 Å². The third-order valence-corrected chi connectivity index (χ3v) is 4.29. The molecule has 0 unspecified atom stereocenters. The fourth-order valence-electron chi connectivity index (χ4n) is 1.76. The van der Waals surface area contributed by atoms with Gasteiger partial charge in [0.25, 0.3) is 5.91 Å². The first-order valence-corrected chi connectivity index (χ1v) is 8.26. The van der Waals surface area contributed by atoms with Crippen LogP contribution in [0.2, 0.25) is 0 Å². The van der Waals surface area contributed by atoms with Crippen molar-refractivity contribution in [2.45, 2.75) is 11.0 Å². The number of esters is 1. The summed E-state index contributed by atoms with van der Waals surface area (Å²) in [6.07, 6.45) is -1.06. The lowest BCUT2D eigenvalue weighted by atomic mass is 10.1. The molecule has 2 rings (SSSR count). The number of carbonyl (C=O) groups is 2. The van der Waals surface area contributed by atoms with Gasteiger partial charge in [0.2, 0.25) is 6.10 Å². The molecular formula is C16H14BrNO3S. The molecule has 0 spiro atoms. The first kappa shape index (κ1) is 16.6. The molecule has 0 fully saturated rings. The number of hydrogen-bond acceptors (Lipinski definition) is 4. The van der Waals surface area contributed by atoms with Crippen molar-refractivity contribution in [2.24, 2.45) is 5.73 Å². The second kappa shape index (κ2) is 8.00. The Morgan fingerprint density at radius 2 is 1.73 bits per heavy atom. The second-order valence-electron chi connectivity index (χ2n) is 4.43. The molecule has 0 bridgehead atoms. The topological polar surface area (TPSA) is 69.4 Å². The van der Waals surface area contributed by atoms with Gasteiger partial charge in [-0.15, -0.1) is 11.8 Å². The third kappa shape index (κ3) is 4.89. The van der Waals surface area contributed by atoms with Gasteiger partial charge in [-0.25, -0.2) is 0 Å². The van der Waals surface area contributed by atoms with Crippen LogP contribution in [0.3, 0.4) is 0 Å². The molecule has 1 amide bonds. The maximum absolute atomic E-state index is 11.9. The summed E-state index contributed by atoms with van der Waals surface area (Å²) in [7, 11) is 0. The van der Waals surface area contributed by atoms with Crippen molar-refractivity contribution in [3.8, 4) is 0 Å². The van der Waals surface area contributed by atoms with Crippen molar-refractivity contribution in [1.82, 2.24) is 0 Å². The highest BCUT2D eigenvalue weighted by Gasteiger charge is 2.22. The summed E-state index contributed by atoms with van der Waals surface area (Å²) < 4.78 is 6.17. The van der Waals surface area contributed by atoms with Crippen molar-refractivity contribution < 1.29 is 14.3 Å². The molecule has 2 aromatic carbocycles. The quantitative estimate of drug-likeness (QED) is 0.617. The van der Waals surface area contributed by atoms with E-state index in [1.54, 1.807) is 24.3 Å². The minimum Gasteiger partial charge on any atom is -0.447 e. The third-order valence-electron chi connectivity index (χ3n) is 2.78. The van der Waals surface area contributed by atoms with Gasteiger partial charge in [0.05, 0.1) is 5.75 Å². The zero-order valence-electron chi connectivity index (χ0n) is 11.6. The molecule has 114 valence electrons. The molecule has 0 heterocycles. The maximum Gasteiger partial charge on any atom is 0.317 e. The highest BCUT2D eigenvalue weighted by atomic mass is 79.9. The molecule has 6 heteroatoms. The van der Waals surface area contributed by atoms with E-state index in [-0.39, 0.29) is 5.75 Å². The summed E-state index contributed by atoms with van der Waals surface area (Å²) in [5, 5.41) is 0.